The van der Waals surface area contributed by atoms with Crippen molar-refractivity contribution in [1.82, 2.24) is 25.1 Å². The lowest BCUT2D eigenvalue weighted by Gasteiger charge is -2.35. The van der Waals surface area contributed by atoms with Gasteiger partial charge in [-0.05, 0) is 19.1 Å². The quantitative estimate of drug-likeness (QED) is 0.527. The minimum Gasteiger partial charge on any atom is -0.493 e. The van der Waals surface area contributed by atoms with E-state index in [-0.39, 0.29) is 11.7 Å². The molecule has 30 heavy (non-hydrogen) atoms. The second kappa shape index (κ2) is 9.57. The highest BCUT2D eigenvalue weighted by Gasteiger charge is 2.23. The van der Waals surface area contributed by atoms with E-state index in [1.165, 1.54) is 11.8 Å². The maximum atomic E-state index is 12.6. The van der Waals surface area contributed by atoms with E-state index in [4.69, 9.17) is 9.15 Å². The fourth-order valence-electron chi connectivity index (χ4n) is 3.16. The molecule has 3 heterocycles. The van der Waals surface area contributed by atoms with Gasteiger partial charge in [0.25, 0.3) is 11.1 Å². The van der Waals surface area contributed by atoms with Gasteiger partial charge in [0, 0.05) is 38.6 Å². The Morgan fingerprint density at radius 2 is 2.00 bits per heavy atom. The molecule has 2 aromatic heterocycles. The van der Waals surface area contributed by atoms with E-state index in [1.54, 1.807) is 18.6 Å². The summed E-state index contributed by atoms with van der Waals surface area (Å²) in [6.45, 7) is 5.22. The molecule has 0 bridgehead atoms. The van der Waals surface area contributed by atoms with Crippen LogP contribution >= 0.6 is 11.8 Å². The van der Waals surface area contributed by atoms with Crippen molar-refractivity contribution in [3.05, 3.63) is 42.9 Å². The first-order valence-electron chi connectivity index (χ1n) is 9.72. The Kier molecular flexibility index (Phi) is 6.43. The molecule has 1 aliphatic rings. The zero-order valence-electron chi connectivity index (χ0n) is 16.6. The minimum atomic E-state index is 0.0493. The summed E-state index contributed by atoms with van der Waals surface area (Å²) in [4.78, 5) is 25.0. The van der Waals surface area contributed by atoms with E-state index in [9.17, 15) is 4.79 Å². The zero-order chi connectivity index (χ0) is 20.8. The summed E-state index contributed by atoms with van der Waals surface area (Å²) in [5.41, 5.74) is 0.741. The van der Waals surface area contributed by atoms with Crippen molar-refractivity contribution in [2.45, 2.75) is 12.1 Å². The van der Waals surface area contributed by atoms with Crippen molar-refractivity contribution in [3.63, 3.8) is 0 Å². The molecule has 1 amide bonds. The maximum Gasteiger partial charge on any atom is 0.277 e. The lowest BCUT2D eigenvalue weighted by atomic mass is 10.2. The van der Waals surface area contributed by atoms with Gasteiger partial charge < -0.3 is 19.0 Å². The molecule has 10 heteroatoms. The van der Waals surface area contributed by atoms with E-state index >= 15 is 0 Å². The molecule has 0 spiro atoms. The second-order valence-electron chi connectivity index (χ2n) is 6.52. The number of ether oxygens (including phenoxy) is 1. The number of thioether (sulfide) groups is 1. The van der Waals surface area contributed by atoms with Crippen molar-refractivity contribution < 1.29 is 13.9 Å². The van der Waals surface area contributed by atoms with Crippen LogP contribution in [0, 0.1) is 0 Å². The first kappa shape index (κ1) is 20.1. The van der Waals surface area contributed by atoms with E-state index in [0.29, 0.717) is 36.6 Å². The lowest BCUT2D eigenvalue weighted by Crippen LogP contribution is -2.49. The van der Waals surface area contributed by atoms with Crippen LogP contribution in [0.1, 0.15) is 6.92 Å². The normalized spacial score (nSPS) is 14.0. The molecule has 1 saturated heterocycles. The van der Waals surface area contributed by atoms with E-state index in [1.807, 2.05) is 36.1 Å². The molecule has 0 N–H and O–H groups in total. The largest absolute Gasteiger partial charge is 0.493 e. The number of anilines is 1. The van der Waals surface area contributed by atoms with Crippen LogP contribution in [-0.4, -0.2) is 69.5 Å². The Morgan fingerprint density at radius 1 is 1.17 bits per heavy atom. The first-order chi connectivity index (χ1) is 14.7. The van der Waals surface area contributed by atoms with Crippen LogP contribution in [0.2, 0.25) is 0 Å². The van der Waals surface area contributed by atoms with Gasteiger partial charge in [-0.1, -0.05) is 23.9 Å². The maximum absolute atomic E-state index is 12.6. The first-order valence-corrected chi connectivity index (χ1v) is 10.7. The summed E-state index contributed by atoms with van der Waals surface area (Å²) in [6, 6.07) is 7.51. The molecule has 1 aromatic carbocycles. The van der Waals surface area contributed by atoms with Crippen molar-refractivity contribution >= 4 is 23.5 Å². The van der Waals surface area contributed by atoms with Crippen molar-refractivity contribution in [2.24, 2.45) is 0 Å². The third-order valence-corrected chi connectivity index (χ3v) is 5.45. The predicted molar refractivity (Wildman–Crippen MR) is 112 cm³/mol. The van der Waals surface area contributed by atoms with Crippen molar-refractivity contribution in [3.8, 4) is 17.2 Å². The fourth-order valence-corrected chi connectivity index (χ4v) is 3.82. The van der Waals surface area contributed by atoms with Gasteiger partial charge in [-0.25, -0.2) is 4.98 Å². The number of carbonyl (C=O) groups is 1. The molecule has 0 saturated carbocycles. The number of benzene rings is 1. The number of carbonyl (C=O) groups excluding carboxylic acids is 1. The van der Waals surface area contributed by atoms with Gasteiger partial charge in [-0.3, -0.25) is 9.78 Å². The highest BCUT2D eigenvalue weighted by Crippen LogP contribution is 2.30. The molecule has 1 aliphatic heterocycles. The van der Waals surface area contributed by atoms with E-state index in [0.717, 1.165) is 24.5 Å². The van der Waals surface area contributed by atoms with E-state index in [2.05, 4.69) is 25.1 Å². The van der Waals surface area contributed by atoms with Crippen molar-refractivity contribution in [2.75, 3.05) is 43.4 Å². The second-order valence-corrected chi connectivity index (χ2v) is 7.45. The molecule has 0 atom stereocenters. The number of hydrogen-bond acceptors (Lipinski definition) is 9. The molecule has 156 valence electrons. The summed E-state index contributed by atoms with van der Waals surface area (Å²) in [7, 11) is 0. The average molecular weight is 427 g/mol. The Morgan fingerprint density at radius 3 is 2.77 bits per heavy atom. The standard InChI is InChI=1S/C20H22N6O3S/c1-2-28-16-6-4-3-5-15(16)19-23-24-20(29-19)30-14-18(27)26-11-9-25(10-12-26)17-13-21-7-8-22-17/h3-8,13H,2,9-12,14H2,1H3. The molecule has 0 radical (unpaired) electrons. The van der Waals surface area contributed by atoms with Crippen LogP contribution in [0.25, 0.3) is 11.5 Å². The summed E-state index contributed by atoms with van der Waals surface area (Å²) in [5.74, 6) is 2.21. The summed E-state index contributed by atoms with van der Waals surface area (Å²) >= 11 is 1.25. The van der Waals surface area contributed by atoms with Gasteiger partial charge in [0.05, 0.1) is 24.1 Å². The van der Waals surface area contributed by atoms with Gasteiger partial charge in [-0.2, -0.15) is 0 Å². The number of piperazine rings is 1. The summed E-state index contributed by atoms with van der Waals surface area (Å²) in [5, 5.41) is 8.52. The molecule has 9 nitrogen and oxygen atoms in total. The Bertz CT molecular complexity index is 975. The summed E-state index contributed by atoms with van der Waals surface area (Å²) < 4.78 is 11.3. The van der Waals surface area contributed by atoms with Crippen LogP contribution in [-0.2, 0) is 4.79 Å². The molecule has 4 rings (SSSR count). The lowest BCUT2D eigenvalue weighted by molar-refractivity contribution is -0.128. The van der Waals surface area contributed by atoms with Crippen LogP contribution < -0.4 is 9.64 Å². The monoisotopic (exact) mass is 426 g/mol. The van der Waals surface area contributed by atoms with Crippen molar-refractivity contribution in [1.29, 1.82) is 0 Å². The molecular formula is C20H22N6O3S. The smallest absolute Gasteiger partial charge is 0.277 e. The number of aromatic nitrogens is 4. The Balaban J connectivity index is 1.30. The molecule has 1 fully saturated rings. The number of para-hydroxylation sites is 1. The molecule has 0 aliphatic carbocycles. The predicted octanol–water partition coefficient (Wildman–Crippen LogP) is 2.37. The number of hydrogen-bond donors (Lipinski definition) is 0. The third kappa shape index (κ3) is 4.70. The Labute approximate surface area is 178 Å². The number of rotatable bonds is 7. The third-order valence-electron chi connectivity index (χ3n) is 4.65. The summed E-state index contributed by atoms with van der Waals surface area (Å²) in [6.07, 6.45) is 5.07. The zero-order valence-corrected chi connectivity index (χ0v) is 17.4. The van der Waals surface area contributed by atoms with Crippen LogP contribution in [0.5, 0.6) is 5.75 Å². The van der Waals surface area contributed by atoms with Gasteiger partial charge >= 0.3 is 0 Å². The Hall–Kier alpha value is -3.14. The molecular weight excluding hydrogens is 404 g/mol. The van der Waals surface area contributed by atoms with Gasteiger partial charge in [0.15, 0.2) is 0 Å². The van der Waals surface area contributed by atoms with Crippen LogP contribution in [0.3, 0.4) is 0 Å². The van der Waals surface area contributed by atoms with Gasteiger partial charge in [-0.15, -0.1) is 10.2 Å². The average Bonchev–Trinajstić information content (AvgIpc) is 3.28. The highest BCUT2D eigenvalue weighted by molar-refractivity contribution is 7.99. The molecule has 3 aromatic rings. The van der Waals surface area contributed by atoms with Crippen LogP contribution in [0.4, 0.5) is 5.82 Å². The number of nitrogens with zero attached hydrogens (tertiary/aromatic N) is 6. The van der Waals surface area contributed by atoms with Gasteiger partial charge in [0.2, 0.25) is 5.91 Å². The van der Waals surface area contributed by atoms with E-state index < -0.39 is 0 Å². The van der Waals surface area contributed by atoms with Crippen LogP contribution in [0.15, 0.2) is 52.5 Å². The number of amides is 1. The fraction of sp³-hybridized carbons (Fsp3) is 0.350. The minimum absolute atomic E-state index is 0.0493. The SMILES string of the molecule is CCOc1ccccc1-c1nnc(SCC(=O)N2CCN(c3cnccn3)CC2)o1. The molecule has 0 unspecified atom stereocenters. The topological polar surface area (TPSA) is 97.5 Å². The van der Waals surface area contributed by atoms with Gasteiger partial charge in [0.1, 0.15) is 11.6 Å². The highest BCUT2D eigenvalue weighted by atomic mass is 32.2.